The predicted octanol–water partition coefficient (Wildman–Crippen LogP) is 6.35. The van der Waals surface area contributed by atoms with Gasteiger partial charge in [0.05, 0.1) is 0 Å². The van der Waals surface area contributed by atoms with Gasteiger partial charge in [0, 0.05) is 5.16 Å². The van der Waals surface area contributed by atoms with Crippen molar-refractivity contribution in [3.63, 3.8) is 0 Å². The topological polar surface area (TPSA) is 0 Å². The molecule has 0 rings (SSSR count). The lowest BCUT2D eigenvalue weighted by molar-refractivity contribution is 0.500. The largest absolute Gasteiger partial charge is 0.127 e. The molecule has 0 saturated carbocycles. The fourth-order valence-corrected chi connectivity index (χ4v) is 2.65. The minimum absolute atomic E-state index is 0. The molecule has 0 aromatic rings. The Balaban J connectivity index is 0. The Morgan fingerprint density at radius 2 is 1.35 bits per heavy atom. The van der Waals surface area contributed by atoms with Crippen molar-refractivity contribution >= 4 is 33.2 Å². The molecule has 0 aromatic carbocycles. The minimum atomic E-state index is 0. The van der Waals surface area contributed by atoms with E-state index in [1.54, 1.807) is 0 Å². The molecule has 0 aliphatic rings. The van der Waals surface area contributed by atoms with Crippen molar-refractivity contribution in [2.24, 2.45) is 0 Å². The third-order valence-electron chi connectivity index (χ3n) is 3.49. The minimum Gasteiger partial charge on any atom is -0.127 e. The van der Waals surface area contributed by atoms with Crippen molar-refractivity contribution in [2.75, 3.05) is 0 Å². The summed E-state index contributed by atoms with van der Waals surface area (Å²) in [5.41, 5.74) is 1.47. The van der Waals surface area contributed by atoms with E-state index in [1.807, 2.05) is 0 Å². The summed E-state index contributed by atoms with van der Waals surface area (Å²) in [6.45, 7) is 11.2. The van der Waals surface area contributed by atoms with E-state index in [1.165, 1.54) is 63.4 Å². The number of unbranched alkanes of at least 4 members (excludes halogenated alkanes) is 3. The van der Waals surface area contributed by atoms with E-state index in [0.29, 0.717) is 5.16 Å². The first-order chi connectivity index (χ1) is 7.60. The summed E-state index contributed by atoms with van der Waals surface area (Å²) in [5, 5.41) is 0.335. The third kappa shape index (κ3) is 8.59. The summed E-state index contributed by atoms with van der Waals surface area (Å²) in [6.07, 6.45) is 11.7. The second kappa shape index (κ2) is 12.0. The number of halogens is 1. The monoisotopic (exact) mass is 370 g/mol. The molecule has 0 N–H and O–H groups in total. The van der Waals surface area contributed by atoms with Crippen molar-refractivity contribution in [3.05, 3.63) is 12.2 Å². The number of hydrogen-bond donors (Lipinski definition) is 0. The Hall–Kier alpha value is 0.900. The maximum atomic E-state index is 4.35. The first kappa shape index (κ1) is 20.2. The average molecular weight is 370 g/mol. The van der Waals surface area contributed by atoms with Gasteiger partial charge in [-0.05, 0) is 25.7 Å². The van der Waals surface area contributed by atoms with E-state index < -0.39 is 0 Å². The highest BCUT2D eigenvalue weighted by atomic mass is 127. The van der Waals surface area contributed by atoms with Gasteiger partial charge in [-0.3, -0.25) is 0 Å². The molecule has 104 valence electrons. The van der Waals surface area contributed by atoms with E-state index in [2.05, 4.69) is 36.6 Å². The summed E-state index contributed by atoms with van der Waals surface area (Å²) in [4.78, 5) is 0. The van der Waals surface area contributed by atoms with Crippen LogP contribution in [0.15, 0.2) is 12.2 Å². The number of hydrogen-bond acceptors (Lipinski definition) is 0. The Morgan fingerprint density at radius 3 is 1.71 bits per heavy atom. The van der Waals surface area contributed by atoms with E-state index in [4.69, 9.17) is 0 Å². The fourth-order valence-electron chi connectivity index (χ4n) is 2.10. The van der Waals surface area contributed by atoms with Gasteiger partial charge in [0.15, 0.2) is 0 Å². The Kier molecular flexibility index (Phi) is 14.2. The first-order valence-electron chi connectivity index (χ1n) is 7.07. The number of rotatable bonds is 10. The molecule has 0 fully saturated rings. The highest BCUT2D eigenvalue weighted by Crippen LogP contribution is 2.39. The van der Waals surface area contributed by atoms with Crippen molar-refractivity contribution in [2.45, 2.75) is 83.7 Å². The summed E-state index contributed by atoms with van der Waals surface area (Å²) < 4.78 is 0. The second-order valence-corrected chi connectivity index (χ2v) is 6.18. The lowest BCUT2D eigenvalue weighted by Gasteiger charge is -2.32. The molecule has 0 saturated heterocycles. The first-order valence-corrected chi connectivity index (χ1v) is 7.65. The van der Waals surface area contributed by atoms with Crippen LogP contribution in [0.4, 0.5) is 0 Å². The Morgan fingerprint density at radius 1 is 0.941 bits per heavy atom. The van der Waals surface area contributed by atoms with Gasteiger partial charge in [-0.2, -0.15) is 0 Å². The van der Waals surface area contributed by atoms with Crippen LogP contribution in [0.1, 0.15) is 78.6 Å². The molecule has 0 aliphatic heterocycles. The van der Waals surface area contributed by atoms with Crippen LogP contribution in [0.5, 0.6) is 0 Å². The predicted molar refractivity (Wildman–Crippen MR) is 95.6 cm³/mol. The lowest BCUT2D eigenvalue weighted by atomic mass is 9.86. The van der Waals surface area contributed by atoms with Crippen LogP contribution in [0, 0.1) is 0 Å². The van der Waals surface area contributed by atoms with Gasteiger partial charge in [0.25, 0.3) is 0 Å². The van der Waals surface area contributed by atoms with E-state index in [-0.39, 0.29) is 24.0 Å². The smallest absolute Gasteiger partial charge is 0.00539 e. The highest BCUT2D eigenvalue weighted by Gasteiger charge is 2.25. The quantitative estimate of drug-likeness (QED) is 0.239. The molecule has 0 nitrogen and oxygen atoms in total. The molecule has 0 heterocycles. The maximum absolute atomic E-state index is 4.35. The van der Waals surface area contributed by atoms with Crippen molar-refractivity contribution in [1.29, 1.82) is 0 Å². The van der Waals surface area contributed by atoms with Crippen LogP contribution in [-0.2, 0) is 0 Å². The van der Waals surface area contributed by atoms with Crippen molar-refractivity contribution in [1.82, 2.24) is 0 Å². The van der Waals surface area contributed by atoms with E-state index in [0.717, 1.165) is 0 Å². The Bertz CT molecular complexity index is 181. The summed E-state index contributed by atoms with van der Waals surface area (Å²) in [7, 11) is 3.13. The standard InChI is InChI=1S/C15H31P.HI/c1-5-8-11-14(4)15(16,12-9-6-2)13-10-7-3;/h4-13,16H2,1-3H3;1H. The molecule has 1 unspecified atom stereocenters. The van der Waals surface area contributed by atoms with Gasteiger partial charge >= 0.3 is 0 Å². The van der Waals surface area contributed by atoms with E-state index >= 15 is 0 Å². The lowest BCUT2D eigenvalue weighted by Crippen LogP contribution is -2.23. The number of allylic oxidation sites excluding steroid dienone is 1. The molecule has 2 heteroatoms. The second-order valence-electron chi connectivity index (χ2n) is 5.07. The molecule has 0 amide bonds. The van der Waals surface area contributed by atoms with Crippen LogP contribution < -0.4 is 0 Å². The molecule has 0 bridgehead atoms. The third-order valence-corrected chi connectivity index (χ3v) is 4.47. The molecule has 0 spiro atoms. The van der Waals surface area contributed by atoms with Crippen LogP contribution in [-0.4, -0.2) is 5.16 Å². The van der Waals surface area contributed by atoms with Crippen LogP contribution >= 0.6 is 33.2 Å². The Labute approximate surface area is 129 Å². The highest BCUT2D eigenvalue weighted by molar-refractivity contribution is 14.0. The van der Waals surface area contributed by atoms with Gasteiger partial charge in [-0.1, -0.05) is 65.0 Å². The van der Waals surface area contributed by atoms with Crippen molar-refractivity contribution < 1.29 is 0 Å². The molecular weight excluding hydrogens is 338 g/mol. The van der Waals surface area contributed by atoms with Crippen LogP contribution in [0.25, 0.3) is 0 Å². The summed E-state index contributed by atoms with van der Waals surface area (Å²) in [6, 6.07) is 0. The average Bonchev–Trinajstić information content (AvgIpc) is 2.30. The zero-order valence-corrected chi connectivity index (χ0v) is 15.5. The zero-order chi connectivity index (χ0) is 12.4. The van der Waals surface area contributed by atoms with Gasteiger partial charge < -0.3 is 0 Å². The maximum Gasteiger partial charge on any atom is 0.00539 e. The van der Waals surface area contributed by atoms with Gasteiger partial charge in [0.2, 0.25) is 0 Å². The molecular formula is C15H32IP. The molecule has 0 aliphatic carbocycles. The van der Waals surface area contributed by atoms with Gasteiger partial charge in [-0.15, -0.1) is 33.2 Å². The van der Waals surface area contributed by atoms with E-state index in [9.17, 15) is 0 Å². The fraction of sp³-hybridized carbons (Fsp3) is 0.867. The van der Waals surface area contributed by atoms with Crippen molar-refractivity contribution in [3.8, 4) is 0 Å². The van der Waals surface area contributed by atoms with Gasteiger partial charge in [-0.25, -0.2) is 0 Å². The summed E-state index contributed by atoms with van der Waals surface area (Å²) >= 11 is 0. The SMILES string of the molecule is C=C(CCCC)C(P)(CCCC)CCCC.I. The van der Waals surface area contributed by atoms with Crippen LogP contribution in [0.2, 0.25) is 0 Å². The molecule has 0 radical (unpaired) electrons. The summed E-state index contributed by atoms with van der Waals surface area (Å²) in [5.74, 6) is 0. The normalized spacial score (nSPS) is 11.1. The molecule has 17 heavy (non-hydrogen) atoms. The molecule has 1 atom stereocenters. The zero-order valence-electron chi connectivity index (χ0n) is 12.1. The van der Waals surface area contributed by atoms with Gasteiger partial charge in [0.1, 0.15) is 0 Å². The van der Waals surface area contributed by atoms with Crippen LogP contribution in [0.3, 0.4) is 0 Å². The molecule has 0 aromatic heterocycles.